The normalized spacial score (nSPS) is 9.86. The van der Waals surface area contributed by atoms with Gasteiger partial charge in [0.2, 0.25) is 0 Å². The van der Waals surface area contributed by atoms with Gasteiger partial charge in [-0.15, -0.1) is 0 Å². The Morgan fingerprint density at radius 1 is 1.64 bits per heavy atom. The maximum atomic E-state index is 13.2. The predicted octanol–water partition coefficient (Wildman–Crippen LogP) is 0.811. The van der Waals surface area contributed by atoms with Crippen LogP contribution in [0.3, 0.4) is 0 Å². The van der Waals surface area contributed by atoms with Crippen LogP contribution in [0.1, 0.15) is 12.1 Å². The number of nitrogens with one attached hydrogen (secondary N) is 1. The van der Waals surface area contributed by atoms with Crippen molar-refractivity contribution in [1.29, 1.82) is 0 Å². The average molecular weight is 199 g/mol. The summed E-state index contributed by atoms with van der Waals surface area (Å²) in [6, 6.07) is 0. The maximum Gasteiger partial charge on any atom is 0.305 e. The molecule has 14 heavy (non-hydrogen) atoms. The predicted molar refractivity (Wildman–Crippen MR) is 47.5 cm³/mol. The van der Waals surface area contributed by atoms with E-state index in [0.29, 0.717) is 0 Å². The Hall–Kier alpha value is -1.72. The van der Waals surface area contributed by atoms with Gasteiger partial charge in [0.1, 0.15) is 6.33 Å². The molecule has 1 aromatic heterocycles. The van der Waals surface area contributed by atoms with Gasteiger partial charge < -0.3 is 10.4 Å². The number of carbonyl (C=O) groups is 1. The molecule has 6 heteroatoms. The zero-order chi connectivity index (χ0) is 10.6. The Kier molecular flexibility index (Phi) is 3.33. The number of rotatable bonds is 4. The van der Waals surface area contributed by atoms with Crippen LogP contribution in [0.25, 0.3) is 0 Å². The van der Waals surface area contributed by atoms with E-state index in [1.165, 1.54) is 13.3 Å². The van der Waals surface area contributed by atoms with Gasteiger partial charge in [0.15, 0.2) is 11.6 Å². The minimum absolute atomic E-state index is 0.0405. The molecule has 0 saturated heterocycles. The van der Waals surface area contributed by atoms with Gasteiger partial charge in [0.25, 0.3) is 0 Å². The van der Waals surface area contributed by atoms with Crippen molar-refractivity contribution < 1.29 is 14.3 Å². The summed E-state index contributed by atoms with van der Waals surface area (Å²) in [5.41, 5.74) is 0.234. The van der Waals surface area contributed by atoms with Crippen LogP contribution in [-0.4, -0.2) is 27.6 Å². The van der Waals surface area contributed by atoms with Crippen molar-refractivity contribution in [3.8, 4) is 0 Å². The van der Waals surface area contributed by atoms with E-state index in [-0.39, 0.29) is 24.5 Å². The van der Waals surface area contributed by atoms with Crippen molar-refractivity contribution in [3.05, 3.63) is 17.8 Å². The molecule has 1 rings (SSSR count). The number of halogens is 1. The first-order valence-electron chi connectivity index (χ1n) is 4.04. The zero-order valence-corrected chi connectivity index (χ0v) is 7.62. The second-order valence-electron chi connectivity index (χ2n) is 2.69. The van der Waals surface area contributed by atoms with Gasteiger partial charge in [0.05, 0.1) is 12.1 Å². The molecule has 0 saturated carbocycles. The minimum atomic E-state index is -0.941. The van der Waals surface area contributed by atoms with Gasteiger partial charge in [-0.05, 0) is 6.92 Å². The minimum Gasteiger partial charge on any atom is -0.481 e. The van der Waals surface area contributed by atoms with Crippen molar-refractivity contribution in [1.82, 2.24) is 9.97 Å². The zero-order valence-electron chi connectivity index (χ0n) is 7.62. The molecule has 1 heterocycles. The van der Waals surface area contributed by atoms with E-state index >= 15 is 0 Å². The van der Waals surface area contributed by atoms with E-state index < -0.39 is 11.8 Å². The molecule has 0 fully saturated rings. The number of hydrogen-bond donors (Lipinski definition) is 2. The van der Waals surface area contributed by atoms with Crippen LogP contribution in [0.15, 0.2) is 6.33 Å². The molecular formula is C8H10FN3O2. The number of hydrogen-bond acceptors (Lipinski definition) is 4. The molecule has 0 aliphatic heterocycles. The molecule has 0 aliphatic rings. The standard InChI is InChI=1S/C8H10FN3O2/c1-5-7(9)8(12-4-11-5)10-3-2-6(13)14/h4H,2-3H2,1H3,(H,13,14)(H,10,11,12). The van der Waals surface area contributed by atoms with Crippen molar-refractivity contribution in [2.24, 2.45) is 0 Å². The Labute approximate surface area is 80.0 Å². The smallest absolute Gasteiger partial charge is 0.305 e. The number of anilines is 1. The third kappa shape index (κ3) is 2.65. The van der Waals surface area contributed by atoms with Crippen LogP contribution < -0.4 is 5.32 Å². The lowest BCUT2D eigenvalue weighted by atomic mass is 10.4. The molecule has 0 amide bonds. The number of aliphatic carboxylic acids is 1. The van der Waals surface area contributed by atoms with Crippen molar-refractivity contribution in [3.63, 3.8) is 0 Å². The van der Waals surface area contributed by atoms with Gasteiger partial charge in [-0.25, -0.2) is 14.4 Å². The highest BCUT2D eigenvalue weighted by molar-refractivity contribution is 5.67. The first-order valence-corrected chi connectivity index (χ1v) is 4.04. The molecule has 0 atom stereocenters. The van der Waals surface area contributed by atoms with Gasteiger partial charge in [-0.2, -0.15) is 0 Å². The van der Waals surface area contributed by atoms with Crippen LogP contribution in [0.2, 0.25) is 0 Å². The second kappa shape index (κ2) is 4.50. The van der Waals surface area contributed by atoms with Gasteiger partial charge in [-0.3, -0.25) is 4.79 Å². The highest BCUT2D eigenvalue weighted by Gasteiger charge is 2.06. The monoisotopic (exact) mass is 199 g/mol. The molecule has 76 valence electrons. The second-order valence-corrected chi connectivity index (χ2v) is 2.69. The molecule has 0 radical (unpaired) electrons. The van der Waals surface area contributed by atoms with E-state index in [1.807, 2.05) is 0 Å². The number of aryl methyl sites for hydroxylation is 1. The highest BCUT2D eigenvalue weighted by atomic mass is 19.1. The average Bonchev–Trinajstić information content (AvgIpc) is 2.12. The molecule has 1 aromatic rings. The SMILES string of the molecule is Cc1ncnc(NCCC(=O)O)c1F. The third-order valence-corrected chi connectivity index (χ3v) is 1.60. The molecule has 5 nitrogen and oxygen atoms in total. The van der Waals surface area contributed by atoms with Crippen molar-refractivity contribution in [2.75, 3.05) is 11.9 Å². The fourth-order valence-corrected chi connectivity index (χ4v) is 0.869. The number of aromatic nitrogens is 2. The van der Waals surface area contributed by atoms with Crippen LogP contribution in [0.5, 0.6) is 0 Å². The topological polar surface area (TPSA) is 75.1 Å². The molecule has 0 aromatic carbocycles. The van der Waals surface area contributed by atoms with E-state index in [9.17, 15) is 9.18 Å². The Morgan fingerprint density at radius 2 is 2.36 bits per heavy atom. The summed E-state index contributed by atoms with van der Waals surface area (Å²) in [5, 5.41) is 10.9. The molecule has 0 bridgehead atoms. The summed E-state index contributed by atoms with van der Waals surface area (Å²) in [4.78, 5) is 17.5. The van der Waals surface area contributed by atoms with Crippen molar-refractivity contribution in [2.45, 2.75) is 13.3 Å². The Balaban J connectivity index is 2.59. The number of carboxylic acid groups (broad SMARTS) is 1. The molecular weight excluding hydrogens is 189 g/mol. The van der Waals surface area contributed by atoms with Crippen LogP contribution in [-0.2, 0) is 4.79 Å². The lowest BCUT2D eigenvalue weighted by Gasteiger charge is -2.05. The van der Waals surface area contributed by atoms with Gasteiger partial charge in [-0.1, -0.05) is 0 Å². The number of nitrogens with zero attached hydrogens (tertiary/aromatic N) is 2. The largest absolute Gasteiger partial charge is 0.481 e. The number of carboxylic acids is 1. The van der Waals surface area contributed by atoms with E-state index in [4.69, 9.17) is 5.11 Å². The van der Waals surface area contributed by atoms with E-state index in [0.717, 1.165) is 0 Å². The summed E-state index contributed by atoms with van der Waals surface area (Å²) >= 11 is 0. The van der Waals surface area contributed by atoms with Crippen LogP contribution in [0, 0.1) is 12.7 Å². The first-order chi connectivity index (χ1) is 6.61. The highest BCUT2D eigenvalue weighted by Crippen LogP contribution is 2.10. The van der Waals surface area contributed by atoms with Crippen molar-refractivity contribution >= 4 is 11.8 Å². The molecule has 2 N–H and O–H groups in total. The first kappa shape index (κ1) is 10.4. The Bertz CT molecular complexity index is 343. The fraction of sp³-hybridized carbons (Fsp3) is 0.375. The summed E-state index contributed by atoms with van der Waals surface area (Å²) in [5.74, 6) is -1.44. The third-order valence-electron chi connectivity index (χ3n) is 1.60. The van der Waals surface area contributed by atoms with Gasteiger partial charge >= 0.3 is 5.97 Å². The quantitative estimate of drug-likeness (QED) is 0.750. The lowest BCUT2D eigenvalue weighted by molar-refractivity contribution is -0.136. The lowest BCUT2D eigenvalue weighted by Crippen LogP contribution is -2.10. The summed E-state index contributed by atoms with van der Waals surface area (Å²) in [7, 11) is 0. The van der Waals surface area contributed by atoms with Crippen LogP contribution in [0.4, 0.5) is 10.2 Å². The molecule has 0 unspecified atom stereocenters. The Morgan fingerprint density at radius 3 is 3.00 bits per heavy atom. The summed E-state index contributed by atoms with van der Waals surface area (Å²) in [6.07, 6.45) is 1.14. The van der Waals surface area contributed by atoms with E-state index in [2.05, 4.69) is 15.3 Å². The maximum absolute atomic E-state index is 13.2. The fourth-order valence-electron chi connectivity index (χ4n) is 0.869. The summed E-state index contributed by atoms with van der Waals surface area (Å²) < 4.78 is 13.2. The van der Waals surface area contributed by atoms with E-state index in [1.54, 1.807) is 0 Å². The van der Waals surface area contributed by atoms with Crippen LogP contribution >= 0.6 is 0 Å². The molecule has 0 aliphatic carbocycles. The van der Waals surface area contributed by atoms with Gasteiger partial charge in [0, 0.05) is 6.54 Å². The molecule has 0 spiro atoms. The summed E-state index contributed by atoms with van der Waals surface area (Å²) in [6.45, 7) is 1.65.